The van der Waals surface area contributed by atoms with Crippen LogP contribution in [0.5, 0.6) is 17.2 Å². The maximum atomic E-state index is 13.4. The van der Waals surface area contributed by atoms with E-state index in [2.05, 4.69) is 18.2 Å². The number of nitrogens with zero attached hydrogens (tertiary/aromatic N) is 6. The number of hydrogen-bond donors (Lipinski definition) is 0. The predicted octanol–water partition coefficient (Wildman–Crippen LogP) is 5.77. The first kappa shape index (κ1) is 35.8. The number of esters is 3. The van der Waals surface area contributed by atoms with Crippen LogP contribution in [0.3, 0.4) is 0 Å². The Morgan fingerprint density at radius 2 is 0.769 bits per heavy atom. The molecule has 267 valence electrons. The van der Waals surface area contributed by atoms with Crippen LogP contribution in [0, 0.1) is 38.2 Å². The molecule has 52 heavy (non-hydrogen) atoms. The van der Waals surface area contributed by atoms with Crippen molar-refractivity contribution in [1.82, 2.24) is 14.7 Å². The smallest absolute Gasteiger partial charge is 0.331 e. The van der Waals surface area contributed by atoms with E-state index in [-0.39, 0.29) is 54.0 Å². The van der Waals surface area contributed by atoms with Gasteiger partial charge in [0.1, 0.15) is 0 Å². The van der Waals surface area contributed by atoms with Crippen LogP contribution in [0.15, 0.2) is 110 Å². The van der Waals surface area contributed by atoms with Gasteiger partial charge in [-0.25, -0.2) is 14.4 Å². The monoisotopic (exact) mass is 871 g/mol. The zero-order valence-corrected chi connectivity index (χ0v) is 30.5. The quantitative estimate of drug-likeness (QED) is 0.116. The van der Waals surface area contributed by atoms with Gasteiger partial charge >= 0.3 is 17.9 Å². The van der Waals surface area contributed by atoms with Gasteiger partial charge in [-0.3, -0.25) is 0 Å². The van der Waals surface area contributed by atoms with Crippen molar-refractivity contribution in [3.05, 3.63) is 165 Å². The number of benzene rings is 4. The molecule has 4 aromatic carbocycles. The fourth-order valence-electron chi connectivity index (χ4n) is 5.14. The molecule has 13 heteroatoms. The van der Waals surface area contributed by atoms with Crippen LogP contribution in [0.2, 0.25) is 0 Å². The summed E-state index contributed by atoms with van der Waals surface area (Å²) in [7, 11) is 5.71. The van der Waals surface area contributed by atoms with Crippen LogP contribution in [0.25, 0.3) is 0 Å². The van der Waals surface area contributed by atoms with Gasteiger partial charge in [0.15, 0.2) is 0 Å². The molecule has 3 aliphatic rings. The Hall–Kier alpha value is -6.04. The van der Waals surface area contributed by atoms with E-state index in [4.69, 9.17) is 14.2 Å². The average molecular weight is 871 g/mol. The fraction of sp³-hybridized carbons (Fsp3) is 0.0769. The summed E-state index contributed by atoms with van der Waals surface area (Å²) in [6.45, 7) is 5.60. The molecule has 3 heterocycles. The maximum absolute atomic E-state index is 13.4. The van der Waals surface area contributed by atoms with Crippen LogP contribution in [-0.4, -0.2) is 53.8 Å². The van der Waals surface area contributed by atoms with Crippen molar-refractivity contribution in [2.24, 2.45) is 0 Å². The third-order valence-electron chi connectivity index (χ3n) is 7.72. The molecule has 0 unspecified atom stereocenters. The molecular formula is C39H30IrN6O6-6. The second kappa shape index (κ2) is 15.5. The first-order valence-electron chi connectivity index (χ1n) is 15.6. The molecule has 0 fully saturated rings. The van der Waals surface area contributed by atoms with Gasteiger partial charge in [0.05, 0.1) is 16.7 Å². The Kier molecular flexibility index (Phi) is 10.6. The van der Waals surface area contributed by atoms with Crippen LogP contribution < -0.4 is 28.9 Å². The van der Waals surface area contributed by atoms with Gasteiger partial charge in [0, 0.05) is 37.4 Å². The zero-order chi connectivity index (χ0) is 35.5. The van der Waals surface area contributed by atoms with Crippen LogP contribution in [0.4, 0.5) is 17.1 Å². The van der Waals surface area contributed by atoms with Gasteiger partial charge in [-0.15, -0.1) is 71.7 Å². The Labute approximate surface area is 315 Å². The molecule has 0 N–H and O–H groups in total. The molecule has 0 saturated carbocycles. The van der Waals surface area contributed by atoms with Gasteiger partial charge < -0.3 is 43.6 Å². The minimum Gasteiger partial charge on any atom is -0.510 e. The predicted molar refractivity (Wildman–Crippen MR) is 188 cm³/mol. The van der Waals surface area contributed by atoms with Crippen molar-refractivity contribution in [1.29, 1.82) is 0 Å². The molecule has 0 bridgehead atoms. The van der Waals surface area contributed by atoms with Crippen molar-refractivity contribution in [2.75, 3.05) is 35.8 Å². The molecule has 3 aliphatic heterocycles. The van der Waals surface area contributed by atoms with Gasteiger partial charge in [0.25, 0.3) is 0 Å². The molecule has 0 spiro atoms. The summed E-state index contributed by atoms with van der Waals surface area (Å²) >= 11 is 0. The minimum absolute atomic E-state index is 0. The van der Waals surface area contributed by atoms with Crippen molar-refractivity contribution in [2.45, 2.75) is 0 Å². The Balaban J connectivity index is 0.00000464. The normalized spacial score (nSPS) is 14.6. The molecule has 0 aromatic heterocycles. The first-order chi connectivity index (χ1) is 24.7. The molecule has 12 nitrogen and oxygen atoms in total. The topological polar surface area (TPSA) is 98.3 Å². The van der Waals surface area contributed by atoms with E-state index in [1.54, 1.807) is 36.4 Å². The molecule has 0 amide bonds. The number of carbonyl (C=O) groups excluding carboxylic acids is 3. The maximum Gasteiger partial charge on any atom is 0.331 e. The molecule has 1 radical (unpaired) electrons. The Morgan fingerprint density at radius 3 is 0.981 bits per heavy atom. The van der Waals surface area contributed by atoms with Gasteiger partial charge in [-0.1, -0.05) is 0 Å². The number of anilines is 3. The van der Waals surface area contributed by atoms with Crippen LogP contribution in [-0.2, 0) is 20.1 Å². The summed E-state index contributed by atoms with van der Waals surface area (Å²) < 4.78 is 16.8. The van der Waals surface area contributed by atoms with Crippen LogP contribution in [0.1, 0.15) is 31.1 Å². The summed E-state index contributed by atoms with van der Waals surface area (Å²) in [5.41, 5.74) is 2.02. The number of hydrogen-bond acceptors (Lipinski definition) is 12. The van der Waals surface area contributed by atoms with Gasteiger partial charge in [0.2, 0.25) is 0 Å². The Morgan fingerprint density at radius 1 is 0.481 bits per heavy atom. The van der Waals surface area contributed by atoms with Gasteiger partial charge in [-0.05, 0) is 76.5 Å². The number of carbonyl (C=O) groups is 3. The molecule has 0 atom stereocenters. The van der Waals surface area contributed by atoms with Crippen molar-refractivity contribution in [3.63, 3.8) is 0 Å². The van der Waals surface area contributed by atoms with Crippen molar-refractivity contribution >= 4 is 35.0 Å². The standard InChI is InChI=1S/C39H30N6O6.Ir/c1-40-16-19-43(25-40)31-4-10-34(11-5-31)49-37(46)28-22-29(38(47)50-35-12-6-32(7-13-35)44-20-17-41(2)26-44)24-30(23-28)39(48)51-36-14-8-33(9-15-36)45-21-18-42(3)27-45;/h4,6,8,10-27H,1-3H3;/q-6;. The van der Waals surface area contributed by atoms with Crippen molar-refractivity contribution < 1.29 is 48.7 Å². The van der Waals surface area contributed by atoms with Gasteiger partial charge in [-0.2, -0.15) is 38.2 Å². The number of ether oxygens (including phenoxy) is 3. The summed E-state index contributed by atoms with van der Waals surface area (Å²) in [5.74, 6) is -1.75. The van der Waals surface area contributed by atoms with E-state index < -0.39 is 17.9 Å². The summed E-state index contributed by atoms with van der Waals surface area (Å²) in [6.07, 6.45) is 11.3. The van der Waals surface area contributed by atoms with E-state index in [0.717, 1.165) is 17.1 Å². The van der Waals surface area contributed by atoms with Crippen molar-refractivity contribution in [3.8, 4) is 17.2 Å². The summed E-state index contributed by atoms with van der Waals surface area (Å²) in [5, 5.41) is 0. The zero-order valence-electron chi connectivity index (χ0n) is 28.1. The number of rotatable bonds is 9. The third kappa shape index (κ3) is 8.28. The van der Waals surface area contributed by atoms with E-state index >= 15 is 0 Å². The largest absolute Gasteiger partial charge is 0.510 e. The average Bonchev–Trinajstić information content (AvgIpc) is 3.90. The molecule has 4 aromatic rings. The van der Waals surface area contributed by atoms with E-state index in [9.17, 15) is 14.4 Å². The van der Waals surface area contributed by atoms with E-state index in [1.807, 2.05) is 108 Å². The summed E-state index contributed by atoms with van der Waals surface area (Å²) in [4.78, 5) is 51.5. The summed E-state index contributed by atoms with van der Waals surface area (Å²) in [6, 6.07) is 27.9. The second-order valence-electron chi connectivity index (χ2n) is 11.7. The van der Waals surface area contributed by atoms with E-state index in [1.165, 1.54) is 36.4 Å². The SMILES string of the molecule is CN1C=CN(c2[c-]cc(OC(=O)c3cc(C(=O)Oc4c[c-]c(N5C=CN(C)[CH-]5)cc4)cc(C(=O)Oc4c[c-]c(N5C=CN(C)[CH-]5)cc4)c3)cc2)[CH-]1.[Ir]. The molecular weight excluding hydrogens is 841 g/mol. The third-order valence-corrected chi connectivity index (χ3v) is 7.72. The molecule has 7 rings (SSSR count). The Bertz CT molecular complexity index is 1790. The minimum atomic E-state index is -0.803. The molecule has 0 saturated heterocycles. The van der Waals surface area contributed by atoms with E-state index in [0.29, 0.717) is 0 Å². The molecule has 0 aliphatic carbocycles. The van der Waals surface area contributed by atoms with Crippen LogP contribution >= 0.6 is 0 Å². The fourth-order valence-corrected chi connectivity index (χ4v) is 5.14. The second-order valence-corrected chi connectivity index (χ2v) is 11.7. The first-order valence-corrected chi connectivity index (χ1v) is 15.6.